The molecule has 1 aromatic carbocycles. The number of anilines is 1. The fourth-order valence-corrected chi connectivity index (χ4v) is 2.99. The lowest BCUT2D eigenvalue weighted by Crippen LogP contribution is -2.33. The van der Waals surface area contributed by atoms with Crippen molar-refractivity contribution in [3.05, 3.63) is 53.6 Å². The van der Waals surface area contributed by atoms with Crippen molar-refractivity contribution in [3.63, 3.8) is 0 Å². The highest BCUT2D eigenvalue weighted by Crippen LogP contribution is 2.34. The lowest BCUT2D eigenvalue weighted by atomic mass is 10.0. The quantitative estimate of drug-likeness (QED) is 0.799. The van der Waals surface area contributed by atoms with E-state index in [0.717, 1.165) is 24.9 Å². The summed E-state index contributed by atoms with van der Waals surface area (Å²) in [6, 6.07) is 6.48. The van der Waals surface area contributed by atoms with Gasteiger partial charge in [0.2, 0.25) is 5.95 Å². The number of hydrogen-bond acceptors (Lipinski definition) is 6. The number of hydrogen-bond donors (Lipinski definition) is 2. The molecule has 1 fully saturated rings. The molecule has 0 aliphatic carbocycles. The molecule has 1 atom stereocenters. The molecule has 1 aromatic heterocycles. The van der Waals surface area contributed by atoms with Crippen LogP contribution in [0.2, 0.25) is 0 Å². The average Bonchev–Trinajstić information content (AvgIpc) is 3.16. The van der Waals surface area contributed by atoms with Crippen LogP contribution in [-0.2, 0) is 4.84 Å². The van der Waals surface area contributed by atoms with Crippen molar-refractivity contribution in [2.24, 2.45) is 0 Å². The summed E-state index contributed by atoms with van der Waals surface area (Å²) in [5, 5.41) is 2.38. The van der Waals surface area contributed by atoms with E-state index in [0.29, 0.717) is 12.5 Å². The SMILES string of the molecule is CCNC(=O)ONC(=O)c1cnc(N2CCCC2c2cccc(F)c2)nc1. The number of amides is 2. The van der Waals surface area contributed by atoms with Crippen molar-refractivity contribution in [1.29, 1.82) is 0 Å². The van der Waals surface area contributed by atoms with Crippen molar-refractivity contribution < 1.29 is 18.8 Å². The summed E-state index contributed by atoms with van der Waals surface area (Å²) in [7, 11) is 0. The molecule has 2 aromatic rings. The molecule has 27 heavy (non-hydrogen) atoms. The molecular weight excluding hydrogens is 353 g/mol. The van der Waals surface area contributed by atoms with Crippen molar-refractivity contribution >= 4 is 17.9 Å². The Bertz CT molecular complexity index is 815. The number of rotatable bonds is 4. The van der Waals surface area contributed by atoms with Gasteiger partial charge in [-0.3, -0.25) is 4.79 Å². The maximum atomic E-state index is 13.5. The second kappa shape index (κ2) is 8.43. The van der Waals surface area contributed by atoms with Crippen LogP contribution in [-0.4, -0.2) is 35.1 Å². The highest BCUT2D eigenvalue weighted by atomic mass is 19.1. The van der Waals surface area contributed by atoms with E-state index in [4.69, 9.17) is 0 Å². The van der Waals surface area contributed by atoms with Crippen LogP contribution in [0.15, 0.2) is 36.7 Å². The Morgan fingerprint density at radius 2 is 2.11 bits per heavy atom. The number of benzene rings is 1. The summed E-state index contributed by atoms with van der Waals surface area (Å²) in [5.41, 5.74) is 3.05. The standard InChI is InChI=1S/C18H20FN5O3/c1-2-20-18(26)27-23-16(25)13-10-21-17(22-11-13)24-8-4-7-15(24)12-5-3-6-14(19)9-12/h3,5-6,9-11,15H,2,4,7-8H2,1H3,(H,20,26)(H,23,25). The summed E-state index contributed by atoms with van der Waals surface area (Å²) in [6.07, 6.45) is 3.78. The monoisotopic (exact) mass is 373 g/mol. The van der Waals surface area contributed by atoms with Gasteiger partial charge < -0.3 is 15.1 Å². The van der Waals surface area contributed by atoms with Crippen LogP contribution in [0, 0.1) is 5.82 Å². The lowest BCUT2D eigenvalue weighted by Gasteiger charge is -2.25. The Morgan fingerprint density at radius 3 is 2.81 bits per heavy atom. The minimum atomic E-state index is -0.751. The van der Waals surface area contributed by atoms with Gasteiger partial charge in [-0.25, -0.2) is 19.2 Å². The Hall–Kier alpha value is -3.23. The van der Waals surface area contributed by atoms with Crippen molar-refractivity contribution in [2.45, 2.75) is 25.8 Å². The molecule has 1 aliphatic heterocycles. The van der Waals surface area contributed by atoms with E-state index in [9.17, 15) is 14.0 Å². The normalized spacial score (nSPS) is 16.1. The third kappa shape index (κ3) is 4.49. The molecule has 3 rings (SSSR count). The van der Waals surface area contributed by atoms with Gasteiger partial charge in [-0.1, -0.05) is 12.1 Å². The van der Waals surface area contributed by atoms with Gasteiger partial charge in [0.1, 0.15) is 5.82 Å². The highest BCUT2D eigenvalue weighted by Gasteiger charge is 2.28. The van der Waals surface area contributed by atoms with E-state index in [1.807, 2.05) is 16.4 Å². The molecule has 1 saturated heterocycles. The Balaban J connectivity index is 1.67. The summed E-state index contributed by atoms with van der Waals surface area (Å²) in [4.78, 5) is 38.2. The van der Waals surface area contributed by atoms with Gasteiger partial charge in [0.25, 0.3) is 5.91 Å². The smallest absolute Gasteiger partial charge is 0.334 e. The van der Waals surface area contributed by atoms with E-state index in [-0.39, 0.29) is 17.4 Å². The zero-order valence-corrected chi connectivity index (χ0v) is 14.8. The molecule has 2 N–H and O–H groups in total. The van der Waals surface area contributed by atoms with Gasteiger partial charge in [0.15, 0.2) is 0 Å². The topological polar surface area (TPSA) is 96.5 Å². The van der Waals surface area contributed by atoms with Gasteiger partial charge in [0.05, 0.1) is 11.6 Å². The minimum absolute atomic E-state index is 0.0125. The largest absolute Gasteiger partial charge is 0.431 e. The summed E-state index contributed by atoms with van der Waals surface area (Å²) in [6.45, 7) is 2.85. The number of carbonyl (C=O) groups is 2. The second-order valence-corrected chi connectivity index (χ2v) is 6.03. The zero-order chi connectivity index (χ0) is 19.2. The van der Waals surface area contributed by atoms with Crippen LogP contribution in [0.1, 0.15) is 41.7 Å². The van der Waals surface area contributed by atoms with Crippen LogP contribution >= 0.6 is 0 Å². The first-order valence-corrected chi connectivity index (χ1v) is 8.67. The van der Waals surface area contributed by atoms with E-state index >= 15 is 0 Å². The molecule has 2 amide bonds. The van der Waals surface area contributed by atoms with Crippen LogP contribution in [0.4, 0.5) is 15.1 Å². The van der Waals surface area contributed by atoms with Gasteiger partial charge >= 0.3 is 6.09 Å². The Kier molecular flexibility index (Phi) is 5.80. The average molecular weight is 373 g/mol. The first kappa shape index (κ1) is 18.6. The number of halogens is 1. The number of carbonyl (C=O) groups excluding carboxylic acids is 2. The molecule has 0 radical (unpaired) electrons. The number of aromatic nitrogens is 2. The van der Waals surface area contributed by atoms with Crippen molar-refractivity contribution in [2.75, 3.05) is 18.0 Å². The molecule has 0 saturated carbocycles. The number of nitrogens with one attached hydrogen (secondary N) is 2. The predicted octanol–water partition coefficient (Wildman–Crippen LogP) is 2.35. The van der Waals surface area contributed by atoms with Gasteiger partial charge in [-0.15, -0.1) is 0 Å². The van der Waals surface area contributed by atoms with Gasteiger partial charge in [0, 0.05) is 25.5 Å². The summed E-state index contributed by atoms with van der Waals surface area (Å²) in [5.74, 6) is -0.446. The minimum Gasteiger partial charge on any atom is -0.334 e. The second-order valence-electron chi connectivity index (χ2n) is 6.03. The van der Waals surface area contributed by atoms with E-state index < -0.39 is 12.0 Å². The first-order chi connectivity index (χ1) is 13.1. The van der Waals surface area contributed by atoms with Gasteiger partial charge in [-0.05, 0) is 37.5 Å². The fraction of sp³-hybridized carbons (Fsp3) is 0.333. The highest BCUT2D eigenvalue weighted by molar-refractivity contribution is 5.93. The maximum Gasteiger partial charge on any atom is 0.431 e. The zero-order valence-electron chi connectivity index (χ0n) is 14.8. The summed E-state index contributed by atoms with van der Waals surface area (Å²) >= 11 is 0. The first-order valence-electron chi connectivity index (χ1n) is 8.67. The molecule has 1 unspecified atom stereocenters. The van der Waals surface area contributed by atoms with Crippen LogP contribution in [0.3, 0.4) is 0 Å². The number of hydroxylamine groups is 1. The van der Waals surface area contributed by atoms with Crippen molar-refractivity contribution in [1.82, 2.24) is 20.8 Å². The maximum absolute atomic E-state index is 13.5. The molecule has 0 spiro atoms. The molecular formula is C18H20FN5O3. The number of nitrogens with zero attached hydrogens (tertiary/aromatic N) is 3. The molecule has 9 heteroatoms. The van der Waals surface area contributed by atoms with Crippen LogP contribution in [0.5, 0.6) is 0 Å². The lowest BCUT2D eigenvalue weighted by molar-refractivity contribution is 0.0573. The molecule has 2 heterocycles. The predicted molar refractivity (Wildman–Crippen MR) is 95.4 cm³/mol. The Labute approximate surface area is 155 Å². The Morgan fingerprint density at radius 1 is 1.33 bits per heavy atom. The molecule has 8 nitrogen and oxygen atoms in total. The van der Waals surface area contributed by atoms with E-state index in [1.165, 1.54) is 24.5 Å². The van der Waals surface area contributed by atoms with E-state index in [2.05, 4.69) is 20.1 Å². The molecule has 0 bridgehead atoms. The molecule has 1 aliphatic rings. The summed E-state index contributed by atoms with van der Waals surface area (Å²) < 4.78 is 13.5. The third-order valence-electron chi connectivity index (χ3n) is 4.20. The van der Waals surface area contributed by atoms with Crippen LogP contribution in [0.25, 0.3) is 0 Å². The van der Waals surface area contributed by atoms with Gasteiger partial charge in [-0.2, -0.15) is 5.48 Å². The van der Waals surface area contributed by atoms with E-state index in [1.54, 1.807) is 13.0 Å². The third-order valence-corrected chi connectivity index (χ3v) is 4.20. The van der Waals surface area contributed by atoms with Crippen molar-refractivity contribution in [3.8, 4) is 0 Å². The fourth-order valence-electron chi connectivity index (χ4n) is 2.99. The molecule has 142 valence electrons. The van der Waals surface area contributed by atoms with Crippen LogP contribution < -0.4 is 15.7 Å².